The molecule has 0 saturated heterocycles. The van der Waals surface area contributed by atoms with E-state index in [1.54, 1.807) is 0 Å². The third-order valence-electron chi connectivity index (χ3n) is 17.7. The van der Waals surface area contributed by atoms with E-state index in [0.717, 1.165) is 102 Å². The summed E-state index contributed by atoms with van der Waals surface area (Å²) in [6.45, 7) is 9.54. The number of hydrogen-bond donors (Lipinski definition) is 3. The number of aliphatic hydroxyl groups is 1. The van der Waals surface area contributed by atoms with Gasteiger partial charge in [-0.05, 0) is 37.5 Å². The maximum absolute atomic E-state index is 13.1. The molecule has 17 nitrogen and oxygen atoms in total. The van der Waals surface area contributed by atoms with Gasteiger partial charge in [0.1, 0.15) is 19.3 Å². The SMILES string of the molecule is CCCCCCCCCCCCCCCCCCC(=O)OC[C@H](COP(=O)(O)OC[C@@H](O)COP(=O)(O)OC[C@@H](COC(=O)CCCCCCCCCC(C)C)OC(=O)CCCCCCCCCCCCC(C)C)OC(=O)CCCCCCCCCCCCCCCCCC. The van der Waals surface area contributed by atoms with Crippen LogP contribution in [0, 0.1) is 11.8 Å². The summed E-state index contributed by atoms with van der Waals surface area (Å²) in [4.78, 5) is 72.8. The van der Waals surface area contributed by atoms with E-state index < -0.39 is 97.5 Å². The molecule has 0 aliphatic heterocycles. The monoisotopic (exact) mass is 1400 g/mol. The van der Waals surface area contributed by atoms with Crippen LogP contribution in [-0.2, 0) is 65.4 Å². The molecule has 0 aliphatic carbocycles. The maximum Gasteiger partial charge on any atom is 0.472 e. The minimum absolute atomic E-state index is 0.105. The molecule has 0 aromatic rings. The average molecular weight is 1400 g/mol. The molecule has 0 aromatic carbocycles. The second-order valence-electron chi connectivity index (χ2n) is 28.3. The van der Waals surface area contributed by atoms with Crippen molar-refractivity contribution in [2.45, 2.75) is 413 Å². The Morgan fingerprint density at radius 1 is 0.284 bits per heavy atom. The van der Waals surface area contributed by atoms with Crippen molar-refractivity contribution in [2.24, 2.45) is 11.8 Å². The van der Waals surface area contributed by atoms with E-state index in [-0.39, 0.29) is 25.7 Å². The predicted octanol–water partition coefficient (Wildman–Crippen LogP) is 22.3. The first kappa shape index (κ1) is 93.1. The quantitative estimate of drug-likeness (QED) is 0.0222. The molecule has 0 heterocycles. The summed E-state index contributed by atoms with van der Waals surface area (Å²) in [5.74, 6) is -0.658. The number of phosphoric acid groups is 2. The maximum atomic E-state index is 13.1. The summed E-state index contributed by atoms with van der Waals surface area (Å²) in [5.41, 5.74) is 0. The first-order valence-electron chi connectivity index (χ1n) is 39.5. The van der Waals surface area contributed by atoms with Crippen LogP contribution in [0.1, 0.15) is 395 Å². The van der Waals surface area contributed by atoms with Crippen LogP contribution in [-0.4, -0.2) is 96.7 Å². The van der Waals surface area contributed by atoms with Gasteiger partial charge in [-0.2, -0.15) is 0 Å². The van der Waals surface area contributed by atoms with Crippen LogP contribution in [0.5, 0.6) is 0 Å². The van der Waals surface area contributed by atoms with E-state index in [4.69, 9.17) is 37.0 Å². The number of unbranched alkanes of at least 4 members (excludes halogenated alkanes) is 45. The number of phosphoric ester groups is 2. The Labute approximate surface area is 581 Å². The van der Waals surface area contributed by atoms with Gasteiger partial charge < -0.3 is 33.8 Å². The second-order valence-corrected chi connectivity index (χ2v) is 31.3. The van der Waals surface area contributed by atoms with Gasteiger partial charge in [0.2, 0.25) is 0 Å². The molecule has 0 radical (unpaired) electrons. The normalized spacial score (nSPS) is 14.0. The number of ether oxygens (including phenoxy) is 4. The van der Waals surface area contributed by atoms with Gasteiger partial charge in [-0.1, -0.05) is 343 Å². The van der Waals surface area contributed by atoms with Gasteiger partial charge in [0.25, 0.3) is 0 Å². The van der Waals surface area contributed by atoms with Crippen LogP contribution < -0.4 is 0 Å². The lowest BCUT2D eigenvalue weighted by molar-refractivity contribution is -0.161. The third-order valence-corrected chi connectivity index (χ3v) is 19.6. The lowest BCUT2D eigenvalue weighted by Gasteiger charge is -2.21. The minimum Gasteiger partial charge on any atom is -0.462 e. The summed E-state index contributed by atoms with van der Waals surface area (Å²) >= 11 is 0. The molecule has 2 unspecified atom stereocenters. The molecule has 95 heavy (non-hydrogen) atoms. The molecular weight excluding hydrogens is 1250 g/mol. The number of carbonyl (C=O) groups is 4. The zero-order valence-corrected chi connectivity index (χ0v) is 63.8. The van der Waals surface area contributed by atoms with Crippen molar-refractivity contribution in [3.05, 3.63) is 0 Å². The lowest BCUT2D eigenvalue weighted by Crippen LogP contribution is -2.30. The molecule has 0 aromatic heterocycles. The molecule has 0 rings (SSSR count). The Morgan fingerprint density at radius 3 is 0.716 bits per heavy atom. The van der Waals surface area contributed by atoms with E-state index >= 15 is 0 Å². The van der Waals surface area contributed by atoms with E-state index in [1.807, 2.05) is 0 Å². The highest BCUT2D eigenvalue weighted by molar-refractivity contribution is 7.47. The Balaban J connectivity index is 5.25. The zero-order valence-electron chi connectivity index (χ0n) is 62.0. The van der Waals surface area contributed by atoms with Gasteiger partial charge in [0.15, 0.2) is 12.2 Å². The molecule has 0 fully saturated rings. The molecule has 564 valence electrons. The Hall–Kier alpha value is -1.94. The highest BCUT2D eigenvalue weighted by atomic mass is 31.2. The highest BCUT2D eigenvalue weighted by Crippen LogP contribution is 2.45. The molecule has 19 heteroatoms. The van der Waals surface area contributed by atoms with Crippen molar-refractivity contribution in [2.75, 3.05) is 39.6 Å². The van der Waals surface area contributed by atoms with Gasteiger partial charge >= 0.3 is 39.5 Å². The Bertz CT molecular complexity index is 1840. The fraction of sp³-hybridized carbons (Fsp3) is 0.947. The van der Waals surface area contributed by atoms with E-state index in [1.165, 1.54) is 205 Å². The number of hydrogen-bond acceptors (Lipinski definition) is 15. The van der Waals surface area contributed by atoms with Crippen LogP contribution in [0.2, 0.25) is 0 Å². The highest BCUT2D eigenvalue weighted by Gasteiger charge is 2.30. The van der Waals surface area contributed by atoms with E-state index in [9.17, 15) is 43.2 Å². The second kappa shape index (κ2) is 67.9. The number of aliphatic hydroxyl groups excluding tert-OH is 1. The van der Waals surface area contributed by atoms with Crippen LogP contribution in [0.3, 0.4) is 0 Å². The minimum atomic E-state index is -4.96. The van der Waals surface area contributed by atoms with Crippen LogP contribution in [0.25, 0.3) is 0 Å². The molecule has 5 atom stereocenters. The van der Waals surface area contributed by atoms with Gasteiger partial charge in [0, 0.05) is 25.7 Å². The van der Waals surface area contributed by atoms with Crippen molar-refractivity contribution < 1.29 is 80.2 Å². The molecule has 3 N–H and O–H groups in total. The van der Waals surface area contributed by atoms with E-state index in [0.29, 0.717) is 31.6 Å². The predicted molar refractivity (Wildman–Crippen MR) is 386 cm³/mol. The van der Waals surface area contributed by atoms with Crippen LogP contribution in [0.15, 0.2) is 0 Å². The van der Waals surface area contributed by atoms with Gasteiger partial charge in [-0.25, -0.2) is 9.13 Å². The lowest BCUT2D eigenvalue weighted by atomic mass is 10.0. The van der Waals surface area contributed by atoms with E-state index in [2.05, 4.69) is 41.5 Å². The van der Waals surface area contributed by atoms with Crippen LogP contribution >= 0.6 is 15.6 Å². The number of carbonyl (C=O) groups excluding carboxylic acids is 4. The number of rotatable bonds is 75. The van der Waals surface area contributed by atoms with Gasteiger partial charge in [0.05, 0.1) is 26.4 Å². The fourth-order valence-electron chi connectivity index (χ4n) is 11.7. The van der Waals surface area contributed by atoms with Crippen molar-refractivity contribution in [1.29, 1.82) is 0 Å². The van der Waals surface area contributed by atoms with Gasteiger partial charge in [-0.15, -0.1) is 0 Å². The molecule has 0 amide bonds. The van der Waals surface area contributed by atoms with Crippen LogP contribution in [0.4, 0.5) is 0 Å². The van der Waals surface area contributed by atoms with Gasteiger partial charge in [-0.3, -0.25) is 37.3 Å². The van der Waals surface area contributed by atoms with Crippen molar-refractivity contribution in [3.63, 3.8) is 0 Å². The summed E-state index contributed by atoms with van der Waals surface area (Å²) in [7, 11) is -9.91. The average Bonchev–Trinajstić information content (AvgIpc) is 1.39. The summed E-state index contributed by atoms with van der Waals surface area (Å²) in [6, 6.07) is 0. The molecular formula is C76H148O17P2. The standard InChI is InChI=1S/C76H148O17P2/c1-7-9-11-13-15-17-19-21-23-25-27-29-34-40-46-52-58-73(78)86-64-71(92-75(80)60-54-48-41-35-30-28-26-24-22-20-18-16-14-12-10-8-2)66-90-94(82,83)88-62-70(77)63-89-95(84,85)91-67-72(65-87-74(79)59-53-47-43-37-39-45-51-57-69(5)6)93-76(81)61-55-49-42-36-32-31-33-38-44-50-56-68(3)4/h68-72,77H,7-67H2,1-6H3,(H,82,83)(H,84,85)/t70-,71-,72-/m1/s1. The Morgan fingerprint density at radius 2 is 0.484 bits per heavy atom. The topological polar surface area (TPSA) is 237 Å². The number of esters is 4. The summed E-state index contributed by atoms with van der Waals surface area (Å²) in [6.07, 6.45) is 55.5. The first-order chi connectivity index (χ1) is 45.9. The zero-order chi connectivity index (χ0) is 70.0. The van der Waals surface area contributed by atoms with Crippen molar-refractivity contribution >= 4 is 39.5 Å². The van der Waals surface area contributed by atoms with Crippen molar-refractivity contribution in [1.82, 2.24) is 0 Å². The fourth-order valence-corrected chi connectivity index (χ4v) is 13.2. The largest absolute Gasteiger partial charge is 0.472 e. The molecule has 0 spiro atoms. The molecule has 0 aliphatic rings. The molecule has 0 saturated carbocycles. The summed E-state index contributed by atoms with van der Waals surface area (Å²) < 4.78 is 68.5. The third kappa shape index (κ3) is 70.3. The Kier molecular flexibility index (Phi) is 66.5. The smallest absolute Gasteiger partial charge is 0.462 e. The molecule has 0 bridgehead atoms. The summed E-state index contributed by atoms with van der Waals surface area (Å²) in [5, 5.41) is 10.6. The van der Waals surface area contributed by atoms with Crippen molar-refractivity contribution in [3.8, 4) is 0 Å². The first-order valence-corrected chi connectivity index (χ1v) is 42.5.